The molecule has 0 radical (unpaired) electrons. The summed E-state index contributed by atoms with van der Waals surface area (Å²) in [5.74, 6) is 0.0965. The second kappa shape index (κ2) is 3.34. The molecule has 2 aliphatic carbocycles. The maximum Gasteiger partial charge on any atom is 0.165 e. The Balaban J connectivity index is 2.56. The van der Waals surface area contributed by atoms with Crippen LogP contribution >= 0.6 is 73.9 Å². The summed E-state index contributed by atoms with van der Waals surface area (Å²) in [4.78, 5) is -1.80. The summed E-state index contributed by atoms with van der Waals surface area (Å²) >= 11 is 34.6. The van der Waals surface area contributed by atoms with Gasteiger partial charge in [0.1, 0.15) is 9.75 Å². The van der Waals surface area contributed by atoms with Crippen LogP contribution in [0.2, 0.25) is 0 Å². The molecule has 0 aromatic rings. The molecule has 0 aromatic heterocycles. The van der Waals surface area contributed by atoms with Crippen molar-refractivity contribution in [2.24, 2.45) is 5.92 Å². The van der Waals surface area contributed by atoms with Crippen molar-refractivity contribution < 1.29 is 0 Å². The number of hydrogen-bond acceptors (Lipinski definition) is 0. The van der Waals surface area contributed by atoms with Gasteiger partial charge in [0.25, 0.3) is 0 Å². The van der Waals surface area contributed by atoms with Crippen LogP contribution in [0.1, 0.15) is 6.42 Å². The van der Waals surface area contributed by atoms with E-state index in [-0.39, 0.29) is 5.92 Å². The zero-order chi connectivity index (χ0) is 10.8. The monoisotopic (exact) mass is 356 g/mol. The number of hydrogen-bond donors (Lipinski definition) is 0. The van der Waals surface area contributed by atoms with Gasteiger partial charge in [-0.25, -0.2) is 0 Å². The second-order valence-corrected chi connectivity index (χ2v) is 7.34. The third-order valence-corrected chi connectivity index (χ3v) is 7.31. The molecule has 80 valence electrons. The number of allylic oxidation sites excluding steroid dienone is 2. The van der Waals surface area contributed by atoms with Gasteiger partial charge in [0.05, 0.1) is 0 Å². The van der Waals surface area contributed by atoms with E-state index >= 15 is 0 Å². The van der Waals surface area contributed by atoms with Gasteiger partial charge in [-0.15, -0.1) is 23.2 Å². The van der Waals surface area contributed by atoms with Gasteiger partial charge in [0.15, 0.2) is 4.33 Å². The van der Waals surface area contributed by atoms with Crippen molar-refractivity contribution in [3.8, 4) is 0 Å². The number of rotatable bonds is 1. The minimum atomic E-state index is -1.24. The largest absolute Gasteiger partial charge is 0.165 e. The molecule has 14 heavy (non-hydrogen) atoms. The van der Waals surface area contributed by atoms with Gasteiger partial charge >= 0.3 is 0 Å². The zero-order valence-corrected chi connectivity index (χ0v) is 12.2. The van der Waals surface area contributed by atoms with Gasteiger partial charge in [-0.3, -0.25) is 0 Å². The first-order valence-corrected chi connectivity index (χ1v) is 7.01. The highest BCUT2D eigenvalue weighted by atomic mass is 79.9. The van der Waals surface area contributed by atoms with Crippen LogP contribution in [0.4, 0.5) is 0 Å². The lowest BCUT2D eigenvalue weighted by Gasteiger charge is -2.31. The van der Waals surface area contributed by atoms with Crippen molar-refractivity contribution in [1.82, 2.24) is 0 Å². The SMILES string of the molecule is ClC1=C[C@]2(Cl)[C@H](CBr)C[C@@]1(Cl)C2(Cl)Cl. The van der Waals surface area contributed by atoms with E-state index < -0.39 is 14.1 Å². The molecule has 0 N–H and O–H groups in total. The fourth-order valence-corrected chi connectivity index (χ4v) is 5.21. The summed E-state index contributed by atoms with van der Waals surface area (Å²) in [7, 11) is 0. The zero-order valence-electron chi connectivity index (χ0n) is 6.84. The van der Waals surface area contributed by atoms with Crippen molar-refractivity contribution in [2.45, 2.75) is 20.5 Å². The van der Waals surface area contributed by atoms with Gasteiger partial charge in [0, 0.05) is 10.4 Å². The van der Waals surface area contributed by atoms with E-state index in [2.05, 4.69) is 15.9 Å². The minimum Gasteiger partial charge on any atom is -0.111 e. The van der Waals surface area contributed by atoms with Gasteiger partial charge in [0.2, 0.25) is 0 Å². The Bertz CT molecular complexity index is 315. The Morgan fingerprint density at radius 3 is 2.21 bits per heavy atom. The van der Waals surface area contributed by atoms with Crippen molar-refractivity contribution in [2.75, 3.05) is 5.33 Å². The summed E-state index contributed by atoms with van der Waals surface area (Å²) in [6, 6.07) is 0. The van der Waals surface area contributed by atoms with Gasteiger partial charge in [-0.05, 0) is 18.4 Å². The molecule has 2 bridgehead atoms. The van der Waals surface area contributed by atoms with E-state index in [9.17, 15) is 0 Å². The summed E-state index contributed by atoms with van der Waals surface area (Å²) in [6.45, 7) is 0. The molecule has 0 nitrogen and oxygen atoms in total. The summed E-state index contributed by atoms with van der Waals surface area (Å²) in [5.41, 5.74) is 0. The smallest absolute Gasteiger partial charge is 0.111 e. The van der Waals surface area contributed by atoms with Crippen molar-refractivity contribution in [3.05, 3.63) is 11.1 Å². The third-order valence-electron chi connectivity index (χ3n) is 3.00. The second-order valence-electron chi connectivity index (χ2n) is 3.69. The normalized spacial score (nSPS) is 49.6. The predicted octanol–water partition coefficient (Wildman–Crippen LogP) is 4.67. The minimum absolute atomic E-state index is 0.0965. The molecule has 3 atom stereocenters. The van der Waals surface area contributed by atoms with E-state index in [0.29, 0.717) is 16.8 Å². The standard InChI is InChI=1S/C8H6BrCl5/c9-3-4-1-7(12)5(10)2-6(4,11)8(7,13)14/h2,4H,1,3H2/t4-,6-,7-/m0/s1. The molecule has 6 heteroatoms. The van der Waals surface area contributed by atoms with Crippen LogP contribution in [-0.2, 0) is 0 Å². The number of fused-ring (bicyclic) bond motifs is 2. The fraction of sp³-hybridized carbons (Fsp3) is 0.750. The quantitative estimate of drug-likeness (QED) is 0.597. The van der Waals surface area contributed by atoms with E-state index in [1.54, 1.807) is 6.08 Å². The van der Waals surface area contributed by atoms with Crippen molar-refractivity contribution >= 4 is 73.9 Å². The van der Waals surface area contributed by atoms with Crippen LogP contribution < -0.4 is 0 Å². The fourth-order valence-electron chi connectivity index (χ4n) is 2.10. The molecule has 2 rings (SSSR count). The van der Waals surface area contributed by atoms with Crippen molar-refractivity contribution in [1.29, 1.82) is 0 Å². The van der Waals surface area contributed by atoms with Crippen LogP contribution in [0.5, 0.6) is 0 Å². The van der Waals surface area contributed by atoms with E-state index in [1.807, 2.05) is 0 Å². The highest BCUT2D eigenvalue weighted by Gasteiger charge is 2.74. The summed E-state index contributed by atoms with van der Waals surface area (Å²) < 4.78 is -1.24. The van der Waals surface area contributed by atoms with Gasteiger partial charge in [-0.2, -0.15) is 0 Å². The molecule has 0 aromatic carbocycles. The first kappa shape index (κ1) is 12.1. The molecule has 1 fully saturated rings. The Labute approximate surface area is 116 Å². The molecule has 0 aliphatic heterocycles. The maximum absolute atomic E-state index is 6.40. The Hall–Kier alpha value is 1.67. The molecule has 0 spiro atoms. The Morgan fingerprint density at radius 2 is 1.93 bits per heavy atom. The third kappa shape index (κ3) is 1.15. The predicted molar refractivity (Wildman–Crippen MR) is 67.4 cm³/mol. The first-order valence-electron chi connectivity index (χ1n) is 4.00. The van der Waals surface area contributed by atoms with E-state index in [1.165, 1.54) is 0 Å². The summed E-state index contributed by atoms with van der Waals surface area (Å²) in [5, 5.41) is 1.16. The Kier molecular flexibility index (Phi) is 2.89. The molecule has 0 saturated heterocycles. The molecule has 0 unspecified atom stereocenters. The van der Waals surface area contributed by atoms with Crippen LogP contribution in [-0.4, -0.2) is 19.4 Å². The van der Waals surface area contributed by atoms with Crippen LogP contribution in [0, 0.1) is 5.92 Å². The van der Waals surface area contributed by atoms with E-state index in [4.69, 9.17) is 58.0 Å². The van der Waals surface area contributed by atoms with Gasteiger partial charge in [-0.1, -0.05) is 50.7 Å². The van der Waals surface area contributed by atoms with Crippen molar-refractivity contribution in [3.63, 3.8) is 0 Å². The highest BCUT2D eigenvalue weighted by Crippen LogP contribution is 2.70. The van der Waals surface area contributed by atoms with Crippen LogP contribution in [0.3, 0.4) is 0 Å². The van der Waals surface area contributed by atoms with Crippen LogP contribution in [0.25, 0.3) is 0 Å². The lowest BCUT2D eigenvalue weighted by molar-refractivity contribution is 0.530. The highest BCUT2D eigenvalue weighted by molar-refractivity contribution is 9.09. The Morgan fingerprint density at radius 1 is 1.36 bits per heavy atom. The average molecular weight is 359 g/mol. The topological polar surface area (TPSA) is 0 Å². The molecule has 0 heterocycles. The molecule has 2 aliphatic rings. The lowest BCUT2D eigenvalue weighted by atomic mass is 9.95. The maximum atomic E-state index is 6.40. The van der Waals surface area contributed by atoms with Crippen LogP contribution in [0.15, 0.2) is 11.1 Å². The number of halogens is 6. The van der Waals surface area contributed by atoms with Gasteiger partial charge < -0.3 is 0 Å². The first-order chi connectivity index (χ1) is 6.29. The van der Waals surface area contributed by atoms with E-state index in [0.717, 1.165) is 0 Å². The molecule has 0 amide bonds. The average Bonchev–Trinajstić information content (AvgIpc) is 2.31. The molecular weight excluding hydrogens is 353 g/mol. The molecule has 1 saturated carbocycles. The lowest BCUT2D eigenvalue weighted by Crippen LogP contribution is -2.43. The molecular formula is C8H6BrCl5. The number of alkyl halides is 5. The summed E-state index contributed by atoms with van der Waals surface area (Å²) in [6.07, 6.45) is 2.27.